The Morgan fingerprint density at radius 1 is 1.18 bits per heavy atom. The van der Waals surface area contributed by atoms with Crippen LogP contribution in [0.15, 0.2) is 24.3 Å². The smallest absolute Gasteiger partial charge is 0.390 e. The molecule has 1 aromatic carbocycles. The number of aryl methyl sites for hydroxylation is 1. The molecule has 2 unspecified atom stereocenters. The molecule has 0 radical (unpaired) electrons. The lowest BCUT2D eigenvalue weighted by Crippen LogP contribution is -2.43. The molecule has 2 aliphatic heterocycles. The Labute approximate surface area is 133 Å². The Hall–Kier alpha value is -0.680. The molecule has 1 nitrogen and oxygen atoms in total. The maximum Gasteiger partial charge on any atom is 0.416 e. The highest BCUT2D eigenvalue weighted by atomic mass is 32.2. The molecule has 1 N–H and O–H groups in total. The summed E-state index contributed by atoms with van der Waals surface area (Å²) in [6.45, 7) is 0. The topological polar surface area (TPSA) is 20.2 Å². The van der Waals surface area contributed by atoms with E-state index in [9.17, 15) is 18.3 Å². The van der Waals surface area contributed by atoms with Crippen LogP contribution in [0.1, 0.15) is 49.7 Å². The molecule has 0 spiro atoms. The zero-order valence-corrected chi connectivity index (χ0v) is 13.2. The van der Waals surface area contributed by atoms with Gasteiger partial charge in [0.25, 0.3) is 0 Å². The molecule has 0 aromatic heterocycles. The molecule has 0 amide bonds. The minimum absolute atomic E-state index is 0.504. The van der Waals surface area contributed by atoms with E-state index >= 15 is 0 Å². The lowest BCUT2D eigenvalue weighted by molar-refractivity contribution is -0.137. The van der Waals surface area contributed by atoms with Gasteiger partial charge in [0.2, 0.25) is 0 Å². The van der Waals surface area contributed by atoms with E-state index in [2.05, 4.69) is 0 Å². The predicted octanol–water partition coefficient (Wildman–Crippen LogP) is 4.82. The van der Waals surface area contributed by atoms with Crippen molar-refractivity contribution in [3.8, 4) is 0 Å². The van der Waals surface area contributed by atoms with Gasteiger partial charge in [0.1, 0.15) is 0 Å². The molecular formula is C17H21F3OS. The molecule has 0 saturated carbocycles. The maximum atomic E-state index is 12.7. The van der Waals surface area contributed by atoms with E-state index < -0.39 is 17.3 Å². The van der Waals surface area contributed by atoms with Crippen LogP contribution in [0.4, 0.5) is 13.2 Å². The van der Waals surface area contributed by atoms with Crippen LogP contribution in [-0.2, 0) is 12.6 Å². The lowest BCUT2D eigenvalue weighted by atomic mass is 9.81. The Morgan fingerprint density at radius 2 is 1.86 bits per heavy atom. The maximum absolute atomic E-state index is 12.7. The number of rotatable bonds is 3. The summed E-state index contributed by atoms with van der Waals surface area (Å²) in [6, 6.07) is 5.48. The summed E-state index contributed by atoms with van der Waals surface area (Å²) in [6.07, 6.45) is 1.89. The zero-order chi connectivity index (χ0) is 15.8. The van der Waals surface area contributed by atoms with Gasteiger partial charge in [-0.25, -0.2) is 0 Å². The number of halogens is 3. The first-order chi connectivity index (χ1) is 10.3. The number of hydrogen-bond acceptors (Lipinski definition) is 2. The average molecular weight is 330 g/mol. The van der Waals surface area contributed by atoms with Gasteiger partial charge in [-0.15, -0.1) is 0 Å². The largest absolute Gasteiger partial charge is 0.416 e. The fourth-order valence-corrected chi connectivity index (χ4v) is 5.66. The summed E-state index contributed by atoms with van der Waals surface area (Å²) in [4.78, 5) is 0. The first kappa shape index (κ1) is 16.2. The fourth-order valence-electron chi connectivity index (χ4n) is 3.70. The van der Waals surface area contributed by atoms with Gasteiger partial charge in [-0.1, -0.05) is 24.6 Å². The van der Waals surface area contributed by atoms with Crippen LogP contribution in [-0.4, -0.2) is 21.2 Å². The second-order valence-corrected chi connectivity index (χ2v) is 8.25. The number of alkyl halides is 3. The summed E-state index contributed by atoms with van der Waals surface area (Å²) < 4.78 is 38.2. The summed E-state index contributed by atoms with van der Waals surface area (Å²) in [5, 5.41) is 11.9. The summed E-state index contributed by atoms with van der Waals surface area (Å²) in [7, 11) is 0. The van der Waals surface area contributed by atoms with Gasteiger partial charge in [0, 0.05) is 10.5 Å². The van der Waals surface area contributed by atoms with E-state index in [4.69, 9.17) is 0 Å². The number of benzene rings is 1. The molecular weight excluding hydrogens is 309 g/mol. The molecule has 22 heavy (non-hydrogen) atoms. The number of aliphatic hydroxyl groups is 1. The van der Waals surface area contributed by atoms with E-state index in [1.165, 1.54) is 18.6 Å². The number of thioether (sulfide) groups is 1. The van der Waals surface area contributed by atoms with Gasteiger partial charge < -0.3 is 5.11 Å². The Bertz CT molecular complexity index is 517. The standard InChI is InChI=1S/C17H21F3OS/c18-17(19,20)13-4-1-3-12(9-13)7-8-16(21)10-14-5-2-6-15(11-16)22-14/h1,3-4,9,14-15,21H,2,5-8,10-11H2. The summed E-state index contributed by atoms with van der Waals surface area (Å²) in [5.41, 5.74) is -0.644. The average Bonchev–Trinajstić information content (AvgIpc) is 2.44. The van der Waals surface area contributed by atoms with Crippen LogP contribution in [0.3, 0.4) is 0 Å². The van der Waals surface area contributed by atoms with E-state index in [-0.39, 0.29) is 0 Å². The molecule has 5 heteroatoms. The van der Waals surface area contributed by atoms with Crippen molar-refractivity contribution in [1.82, 2.24) is 0 Å². The van der Waals surface area contributed by atoms with Crippen LogP contribution in [0.2, 0.25) is 0 Å². The zero-order valence-electron chi connectivity index (χ0n) is 12.4. The monoisotopic (exact) mass is 330 g/mol. The van der Waals surface area contributed by atoms with Gasteiger partial charge in [-0.3, -0.25) is 0 Å². The van der Waals surface area contributed by atoms with Gasteiger partial charge in [0.15, 0.2) is 0 Å². The Balaban J connectivity index is 1.65. The van der Waals surface area contributed by atoms with Crippen molar-refractivity contribution in [2.45, 2.75) is 67.2 Å². The van der Waals surface area contributed by atoms with Crippen molar-refractivity contribution in [2.75, 3.05) is 0 Å². The molecule has 2 atom stereocenters. The van der Waals surface area contributed by atoms with Crippen LogP contribution >= 0.6 is 11.8 Å². The van der Waals surface area contributed by atoms with Crippen molar-refractivity contribution >= 4 is 11.8 Å². The number of hydrogen-bond donors (Lipinski definition) is 1. The first-order valence-electron chi connectivity index (χ1n) is 7.88. The highest BCUT2D eigenvalue weighted by molar-refractivity contribution is 8.00. The molecule has 0 aliphatic carbocycles. The first-order valence-corrected chi connectivity index (χ1v) is 8.82. The minimum Gasteiger partial charge on any atom is -0.390 e. The number of fused-ring (bicyclic) bond motifs is 2. The quantitative estimate of drug-likeness (QED) is 0.857. The lowest BCUT2D eigenvalue weighted by Gasteiger charge is -2.44. The molecule has 2 heterocycles. The Kier molecular flexibility index (Phi) is 4.47. The van der Waals surface area contributed by atoms with Crippen LogP contribution < -0.4 is 0 Å². The second-order valence-electron chi connectivity index (χ2n) is 6.64. The molecule has 122 valence electrons. The molecule has 1 aromatic rings. The Morgan fingerprint density at radius 3 is 2.50 bits per heavy atom. The highest BCUT2D eigenvalue weighted by Gasteiger charge is 2.41. The third-order valence-corrected chi connectivity index (χ3v) is 6.36. The summed E-state index contributed by atoms with van der Waals surface area (Å²) in [5.74, 6) is 0. The van der Waals surface area contributed by atoms with Crippen molar-refractivity contribution in [1.29, 1.82) is 0 Å². The van der Waals surface area contributed by atoms with Crippen molar-refractivity contribution in [3.05, 3.63) is 35.4 Å². The second kappa shape index (κ2) is 6.08. The van der Waals surface area contributed by atoms with E-state index in [1.54, 1.807) is 6.07 Å². The van der Waals surface area contributed by atoms with Crippen LogP contribution in [0.25, 0.3) is 0 Å². The molecule has 3 rings (SSSR count). The van der Waals surface area contributed by atoms with Crippen LogP contribution in [0.5, 0.6) is 0 Å². The van der Waals surface area contributed by atoms with E-state index in [0.717, 1.165) is 31.7 Å². The highest BCUT2D eigenvalue weighted by Crippen LogP contribution is 2.47. The van der Waals surface area contributed by atoms with Gasteiger partial charge >= 0.3 is 6.18 Å². The molecule has 2 aliphatic rings. The van der Waals surface area contributed by atoms with E-state index in [1.807, 2.05) is 11.8 Å². The summed E-state index contributed by atoms with van der Waals surface area (Å²) >= 11 is 1.99. The van der Waals surface area contributed by atoms with E-state index in [0.29, 0.717) is 28.9 Å². The molecule has 2 fully saturated rings. The molecule has 2 bridgehead atoms. The van der Waals surface area contributed by atoms with Gasteiger partial charge in [-0.2, -0.15) is 24.9 Å². The third-order valence-electron chi connectivity index (χ3n) is 4.79. The van der Waals surface area contributed by atoms with Gasteiger partial charge in [0.05, 0.1) is 11.2 Å². The van der Waals surface area contributed by atoms with Crippen LogP contribution in [0, 0.1) is 0 Å². The predicted molar refractivity (Wildman–Crippen MR) is 83.0 cm³/mol. The van der Waals surface area contributed by atoms with Crippen molar-refractivity contribution in [3.63, 3.8) is 0 Å². The SMILES string of the molecule is OC1(CCc2cccc(C(F)(F)F)c2)CC2CCCC(C1)S2. The fraction of sp³-hybridized carbons (Fsp3) is 0.647. The van der Waals surface area contributed by atoms with Crippen molar-refractivity contribution < 1.29 is 18.3 Å². The van der Waals surface area contributed by atoms with Gasteiger partial charge in [-0.05, 0) is 50.2 Å². The normalized spacial score (nSPS) is 32.0. The van der Waals surface area contributed by atoms with Crippen molar-refractivity contribution in [2.24, 2.45) is 0 Å². The molecule has 2 saturated heterocycles. The third kappa shape index (κ3) is 3.80. The minimum atomic E-state index is -4.30.